The largest absolute Gasteiger partial charge is 0.395 e. The van der Waals surface area contributed by atoms with Crippen LogP contribution in [-0.4, -0.2) is 58.9 Å². The number of hydrogen-bond acceptors (Lipinski definition) is 5. The second-order valence-electron chi connectivity index (χ2n) is 4.18. The van der Waals surface area contributed by atoms with E-state index in [2.05, 4.69) is 5.32 Å². The van der Waals surface area contributed by atoms with Crippen LogP contribution >= 0.6 is 12.2 Å². The lowest BCUT2D eigenvalue weighted by Gasteiger charge is -2.19. The van der Waals surface area contributed by atoms with Crippen LogP contribution in [0.1, 0.15) is 5.56 Å². The molecular weight excluding hydrogens is 278 g/mol. The number of rotatable bonds is 8. The van der Waals surface area contributed by atoms with Crippen LogP contribution in [0.5, 0.6) is 0 Å². The maximum Gasteiger partial charge on any atom is 0.238 e. The van der Waals surface area contributed by atoms with Gasteiger partial charge < -0.3 is 21.3 Å². The molecule has 0 bridgehead atoms. The fourth-order valence-electron chi connectivity index (χ4n) is 1.75. The number of carbonyl (C=O) groups excluding carboxylic acids is 1. The van der Waals surface area contributed by atoms with Crippen LogP contribution in [-0.2, 0) is 4.79 Å². The van der Waals surface area contributed by atoms with Crippen molar-refractivity contribution in [2.45, 2.75) is 0 Å². The highest BCUT2D eigenvalue weighted by molar-refractivity contribution is 7.80. The first-order valence-corrected chi connectivity index (χ1v) is 6.62. The number of carbonyl (C=O) groups is 1. The number of aliphatic hydroxyl groups is 2. The van der Waals surface area contributed by atoms with E-state index in [9.17, 15) is 4.79 Å². The van der Waals surface area contributed by atoms with E-state index in [4.69, 9.17) is 28.2 Å². The molecule has 20 heavy (non-hydrogen) atoms. The van der Waals surface area contributed by atoms with E-state index < -0.39 is 0 Å². The highest BCUT2D eigenvalue weighted by Crippen LogP contribution is 2.14. The van der Waals surface area contributed by atoms with Gasteiger partial charge in [0.2, 0.25) is 5.91 Å². The molecule has 7 heteroatoms. The van der Waals surface area contributed by atoms with E-state index in [-0.39, 0.29) is 30.7 Å². The maximum atomic E-state index is 11.9. The molecule has 1 aromatic rings. The summed E-state index contributed by atoms with van der Waals surface area (Å²) in [5, 5.41) is 20.5. The van der Waals surface area contributed by atoms with Crippen molar-refractivity contribution in [3.63, 3.8) is 0 Å². The molecule has 0 atom stereocenters. The van der Waals surface area contributed by atoms with Crippen LogP contribution < -0.4 is 11.1 Å². The Hall–Kier alpha value is -1.54. The Balaban J connectivity index is 2.68. The van der Waals surface area contributed by atoms with Crippen molar-refractivity contribution in [2.75, 3.05) is 38.2 Å². The van der Waals surface area contributed by atoms with Crippen molar-refractivity contribution in [2.24, 2.45) is 5.73 Å². The topological polar surface area (TPSA) is 98.8 Å². The molecule has 0 aliphatic carbocycles. The Labute approximate surface area is 123 Å². The number of aliphatic hydroxyl groups excluding tert-OH is 2. The summed E-state index contributed by atoms with van der Waals surface area (Å²) in [4.78, 5) is 13.8. The van der Waals surface area contributed by atoms with E-state index in [0.717, 1.165) is 0 Å². The van der Waals surface area contributed by atoms with Gasteiger partial charge in [0.1, 0.15) is 4.99 Å². The lowest BCUT2D eigenvalue weighted by Crippen LogP contribution is -2.37. The van der Waals surface area contributed by atoms with Gasteiger partial charge >= 0.3 is 0 Å². The monoisotopic (exact) mass is 297 g/mol. The molecule has 0 aromatic heterocycles. The van der Waals surface area contributed by atoms with E-state index in [0.29, 0.717) is 24.3 Å². The second kappa shape index (κ2) is 8.60. The van der Waals surface area contributed by atoms with Crippen LogP contribution in [0.3, 0.4) is 0 Å². The summed E-state index contributed by atoms with van der Waals surface area (Å²) in [6.07, 6.45) is 0. The van der Waals surface area contributed by atoms with Gasteiger partial charge in [-0.25, -0.2) is 0 Å². The third kappa shape index (κ3) is 5.22. The summed E-state index contributed by atoms with van der Waals surface area (Å²) in [6.45, 7) is 0.580. The normalized spacial score (nSPS) is 10.6. The molecule has 0 saturated heterocycles. The Morgan fingerprint density at radius 1 is 1.25 bits per heavy atom. The van der Waals surface area contributed by atoms with Crippen molar-refractivity contribution in [1.29, 1.82) is 0 Å². The Bertz CT molecular complexity index is 462. The van der Waals surface area contributed by atoms with Crippen LogP contribution in [0, 0.1) is 0 Å². The van der Waals surface area contributed by atoms with Crippen molar-refractivity contribution < 1.29 is 15.0 Å². The predicted molar refractivity (Wildman–Crippen MR) is 81.6 cm³/mol. The standard InChI is InChI=1S/C13H19N3O3S/c14-13(20)10-3-1-2-4-11(10)15-12(19)9-16(5-7-17)6-8-18/h1-4,17-18H,5-9H2,(H2,14,20)(H,15,19). The summed E-state index contributed by atoms with van der Waals surface area (Å²) in [7, 11) is 0. The number of thiocarbonyl (C=S) groups is 1. The highest BCUT2D eigenvalue weighted by Gasteiger charge is 2.12. The Morgan fingerprint density at radius 2 is 1.85 bits per heavy atom. The van der Waals surface area contributed by atoms with E-state index >= 15 is 0 Å². The summed E-state index contributed by atoms with van der Waals surface area (Å²) in [5.41, 5.74) is 6.75. The lowest BCUT2D eigenvalue weighted by atomic mass is 10.2. The number of para-hydroxylation sites is 1. The van der Waals surface area contributed by atoms with E-state index in [1.165, 1.54) is 0 Å². The van der Waals surface area contributed by atoms with Gasteiger partial charge in [0.25, 0.3) is 0 Å². The third-order valence-electron chi connectivity index (χ3n) is 2.67. The zero-order valence-corrected chi connectivity index (χ0v) is 11.9. The molecule has 1 aromatic carbocycles. The molecule has 0 heterocycles. The average Bonchev–Trinajstić information content (AvgIpc) is 2.39. The number of nitrogens with zero attached hydrogens (tertiary/aromatic N) is 1. The number of nitrogens with two attached hydrogens (primary N) is 1. The average molecular weight is 297 g/mol. The van der Waals surface area contributed by atoms with Gasteiger partial charge in [0.15, 0.2) is 0 Å². The van der Waals surface area contributed by atoms with Gasteiger partial charge in [-0.2, -0.15) is 0 Å². The molecule has 0 saturated carbocycles. The zero-order valence-electron chi connectivity index (χ0n) is 11.1. The van der Waals surface area contributed by atoms with Gasteiger partial charge in [-0.05, 0) is 12.1 Å². The van der Waals surface area contributed by atoms with Crippen LogP contribution in [0.2, 0.25) is 0 Å². The number of amides is 1. The first kappa shape index (κ1) is 16.5. The van der Waals surface area contributed by atoms with Crippen LogP contribution in [0.4, 0.5) is 5.69 Å². The Kier molecular flexibility index (Phi) is 7.10. The number of nitrogens with one attached hydrogen (secondary N) is 1. The molecule has 5 N–H and O–H groups in total. The molecule has 0 unspecified atom stereocenters. The van der Waals surface area contributed by atoms with Gasteiger partial charge in [-0.1, -0.05) is 24.4 Å². The minimum Gasteiger partial charge on any atom is -0.395 e. The summed E-state index contributed by atoms with van der Waals surface area (Å²) >= 11 is 4.92. The molecule has 0 radical (unpaired) electrons. The second-order valence-corrected chi connectivity index (χ2v) is 4.62. The minimum atomic E-state index is -0.254. The number of anilines is 1. The van der Waals surface area contributed by atoms with E-state index in [1.54, 1.807) is 29.2 Å². The molecule has 110 valence electrons. The SMILES string of the molecule is NC(=S)c1ccccc1NC(=O)CN(CCO)CCO. The first-order chi connectivity index (χ1) is 9.58. The number of hydrogen-bond donors (Lipinski definition) is 4. The molecule has 0 aliphatic heterocycles. The van der Waals surface area contributed by atoms with Gasteiger partial charge in [-0.15, -0.1) is 0 Å². The molecule has 6 nitrogen and oxygen atoms in total. The van der Waals surface area contributed by atoms with Gasteiger partial charge in [0, 0.05) is 18.7 Å². The lowest BCUT2D eigenvalue weighted by molar-refractivity contribution is -0.117. The van der Waals surface area contributed by atoms with Crippen molar-refractivity contribution in [1.82, 2.24) is 4.90 Å². The molecule has 1 rings (SSSR count). The van der Waals surface area contributed by atoms with Gasteiger partial charge in [0.05, 0.1) is 25.4 Å². The van der Waals surface area contributed by atoms with Gasteiger partial charge in [-0.3, -0.25) is 9.69 Å². The quantitative estimate of drug-likeness (QED) is 0.485. The first-order valence-electron chi connectivity index (χ1n) is 6.21. The number of benzene rings is 1. The van der Waals surface area contributed by atoms with E-state index in [1.807, 2.05) is 0 Å². The van der Waals surface area contributed by atoms with Crippen LogP contribution in [0.15, 0.2) is 24.3 Å². The molecule has 0 spiro atoms. The van der Waals surface area contributed by atoms with Crippen molar-refractivity contribution in [3.8, 4) is 0 Å². The fourth-order valence-corrected chi connectivity index (χ4v) is 1.93. The fraction of sp³-hybridized carbons (Fsp3) is 0.385. The summed E-state index contributed by atoms with van der Waals surface area (Å²) in [6, 6.07) is 7.01. The maximum absolute atomic E-state index is 11.9. The van der Waals surface area contributed by atoms with Crippen LogP contribution in [0.25, 0.3) is 0 Å². The molecular formula is C13H19N3O3S. The molecule has 0 fully saturated rings. The van der Waals surface area contributed by atoms with Crippen molar-refractivity contribution >= 4 is 28.8 Å². The third-order valence-corrected chi connectivity index (χ3v) is 2.89. The highest BCUT2D eigenvalue weighted by atomic mass is 32.1. The van der Waals surface area contributed by atoms with Crippen molar-refractivity contribution in [3.05, 3.63) is 29.8 Å². The molecule has 1 amide bonds. The summed E-state index contributed by atoms with van der Waals surface area (Å²) in [5.74, 6) is -0.254. The Morgan fingerprint density at radius 3 is 2.40 bits per heavy atom. The zero-order chi connectivity index (χ0) is 15.0. The predicted octanol–water partition coefficient (Wildman–Crippen LogP) is -0.454. The summed E-state index contributed by atoms with van der Waals surface area (Å²) < 4.78 is 0. The molecule has 0 aliphatic rings. The smallest absolute Gasteiger partial charge is 0.238 e. The minimum absolute atomic E-state index is 0.0727.